The highest BCUT2D eigenvalue weighted by atomic mass is 79.9. The van der Waals surface area contributed by atoms with E-state index in [1.165, 1.54) is 12.5 Å². The number of carbonyl (C=O) groups is 2. The molecule has 2 fully saturated rings. The van der Waals surface area contributed by atoms with Crippen LogP contribution in [0.2, 0.25) is 0 Å². The first kappa shape index (κ1) is 15.2. The van der Waals surface area contributed by atoms with Crippen LogP contribution in [0.25, 0.3) is 6.08 Å². The molecule has 22 heavy (non-hydrogen) atoms. The van der Waals surface area contributed by atoms with Crippen LogP contribution in [0.4, 0.5) is 5.88 Å². The molecule has 0 aromatic carbocycles. The Morgan fingerprint density at radius 3 is 2.45 bits per heavy atom. The number of nitrogens with zero attached hydrogens (tertiary/aromatic N) is 1. The van der Waals surface area contributed by atoms with Crippen LogP contribution < -0.4 is 15.5 Å². The van der Waals surface area contributed by atoms with Crippen LogP contribution in [0.3, 0.4) is 0 Å². The monoisotopic (exact) mass is 383 g/mol. The molecular weight excluding hydrogens is 370 g/mol. The van der Waals surface area contributed by atoms with Gasteiger partial charge in [-0.3, -0.25) is 20.2 Å². The number of hydrogen-bond donors (Lipinski definition) is 2. The lowest BCUT2D eigenvalue weighted by atomic mass is 10.1. The van der Waals surface area contributed by atoms with Crippen molar-refractivity contribution >= 4 is 57.0 Å². The average Bonchev–Trinajstić information content (AvgIpc) is 2.84. The number of furan rings is 1. The fourth-order valence-corrected chi connectivity index (χ4v) is 3.25. The minimum Gasteiger partial charge on any atom is -0.440 e. The third kappa shape index (κ3) is 3.07. The van der Waals surface area contributed by atoms with Gasteiger partial charge in [0.1, 0.15) is 11.3 Å². The third-order valence-corrected chi connectivity index (χ3v) is 4.33. The molecule has 2 amide bonds. The number of amides is 2. The highest BCUT2D eigenvalue weighted by Crippen LogP contribution is 2.33. The molecule has 116 valence electrons. The van der Waals surface area contributed by atoms with Gasteiger partial charge in [-0.05, 0) is 53.5 Å². The molecule has 1 aromatic heterocycles. The first-order valence-corrected chi connectivity index (χ1v) is 8.17. The maximum atomic E-state index is 11.8. The molecule has 0 bridgehead atoms. The number of carbonyl (C=O) groups excluding carboxylic acids is 2. The van der Waals surface area contributed by atoms with E-state index in [2.05, 4.69) is 31.5 Å². The Labute approximate surface area is 141 Å². The van der Waals surface area contributed by atoms with Crippen molar-refractivity contribution in [3.8, 4) is 0 Å². The summed E-state index contributed by atoms with van der Waals surface area (Å²) >= 11 is 8.23. The fourth-order valence-electron chi connectivity index (χ4n) is 2.51. The Kier molecular flexibility index (Phi) is 4.30. The predicted octanol–water partition coefficient (Wildman–Crippen LogP) is 1.95. The molecular formula is C14H14BrN3O3S. The lowest BCUT2D eigenvalue weighted by Crippen LogP contribution is -2.51. The van der Waals surface area contributed by atoms with Crippen LogP contribution in [0.5, 0.6) is 0 Å². The van der Waals surface area contributed by atoms with Crippen molar-refractivity contribution < 1.29 is 14.0 Å². The fraction of sp³-hybridized carbons (Fsp3) is 0.357. The summed E-state index contributed by atoms with van der Waals surface area (Å²) in [4.78, 5) is 25.8. The summed E-state index contributed by atoms with van der Waals surface area (Å²) in [5.74, 6) is 0.126. The Morgan fingerprint density at radius 1 is 1.18 bits per heavy atom. The molecule has 2 aliphatic heterocycles. The summed E-state index contributed by atoms with van der Waals surface area (Å²) in [6.45, 7) is 1.88. The van der Waals surface area contributed by atoms with E-state index in [0.717, 1.165) is 36.3 Å². The summed E-state index contributed by atoms with van der Waals surface area (Å²) in [7, 11) is 0. The summed E-state index contributed by atoms with van der Waals surface area (Å²) in [5, 5.41) is 4.80. The smallest absolute Gasteiger partial charge is 0.263 e. The second kappa shape index (κ2) is 6.21. The molecule has 3 rings (SSSR count). The predicted molar refractivity (Wildman–Crippen MR) is 89.3 cm³/mol. The molecule has 1 aromatic rings. The Morgan fingerprint density at radius 2 is 1.82 bits per heavy atom. The first-order chi connectivity index (χ1) is 10.5. The lowest BCUT2D eigenvalue weighted by molar-refractivity contribution is -0.123. The zero-order valence-corrected chi connectivity index (χ0v) is 14.1. The van der Waals surface area contributed by atoms with E-state index < -0.39 is 11.8 Å². The van der Waals surface area contributed by atoms with Gasteiger partial charge >= 0.3 is 0 Å². The van der Waals surface area contributed by atoms with E-state index in [0.29, 0.717) is 5.76 Å². The Bertz CT molecular complexity index is 655. The van der Waals surface area contributed by atoms with E-state index in [-0.39, 0.29) is 10.7 Å². The van der Waals surface area contributed by atoms with E-state index in [9.17, 15) is 9.59 Å². The summed E-state index contributed by atoms with van der Waals surface area (Å²) in [6.07, 6.45) is 4.91. The van der Waals surface area contributed by atoms with Gasteiger partial charge in [0.05, 0.1) is 4.47 Å². The molecule has 2 N–H and O–H groups in total. The number of nitrogens with one attached hydrogen (secondary N) is 2. The van der Waals surface area contributed by atoms with Crippen molar-refractivity contribution in [2.75, 3.05) is 18.0 Å². The van der Waals surface area contributed by atoms with Gasteiger partial charge in [-0.1, -0.05) is 0 Å². The van der Waals surface area contributed by atoms with Gasteiger partial charge in [0.25, 0.3) is 11.8 Å². The van der Waals surface area contributed by atoms with E-state index in [1.807, 2.05) is 0 Å². The Balaban J connectivity index is 1.86. The maximum absolute atomic E-state index is 11.8. The zero-order chi connectivity index (χ0) is 15.7. The third-order valence-electron chi connectivity index (χ3n) is 3.56. The molecule has 8 heteroatoms. The minimum atomic E-state index is -0.527. The maximum Gasteiger partial charge on any atom is 0.263 e. The van der Waals surface area contributed by atoms with Crippen LogP contribution in [-0.4, -0.2) is 30.0 Å². The number of anilines is 1. The number of thiocarbonyl (C=S) groups is 1. The van der Waals surface area contributed by atoms with Gasteiger partial charge < -0.3 is 9.32 Å². The minimum absolute atomic E-state index is 0.0155. The van der Waals surface area contributed by atoms with Crippen molar-refractivity contribution in [3.63, 3.8) is 0 Å². The van der Waals surface area contributed by atoms with E-state index in [4.69, 9.17) is 16.6 Å². The van der Waals surface area contributed by atoms with Crippen molar-refractivity contribution in [1.82, 2.24) is 10.6 Å². The van der Waals surface area contributed by atoms with Gasteiger partial charge in [0, 0.05) is 19.2 Å². The average molecular weight is 384 g/mol. The van der Waals surface area contributed by atoms with Gasteiger partial charge in [-0.15, -0.1) is 0 Å². The quantitative estimate of drug-likeness (QED) is 0.463. The van der Waals surface area contributed by atoms with Crippen molar-refractivity contribution in [3.05, 3.63) is 21.9 Å². The van der Waals surface area contributed by atoms with Crippen molar-refractivity contribution in [1.29, 1.82) is 0 Å². The van der Waals surface area contributed by atoms with Crippen LogP contribution in [0.1, 0.15) is 25.0 Å². The van der Waals surface area contributed by atoms with Crippen LogP contribution in [-0.2, 0) is 9.59 Å². The summed E-state index contributed by atoms with van der Waals surface area (Å²) in [5.41, 5.74) is -0.0277. The largest absolute Gasteiger partial charge is 0.440 e. The molecule has 6 nitrogen and oxygen atoms in total. The summed E-state index contributed by atoms with van der Waals surface area (Å²) in [6, 6.07) is 1.75. The van der Waals surface area contributed by atoms with Crippen molar-refractivity contribution in [2.24, 2.45) is 0 Å². The highest BCUT2D eigenvalue weighted by Gasteiger charge is 2.27. The zero-order valence-electron chi connectivity index (χ0n) is 11.6. The van der Waals surface area contributed by atoms with Gasteiger partial charge in [-0.2, -0.15) is 0 Å². The van der Waals surface area contributed by atoms with Gasteiger partial charge in [-0.25, -0.2) is 0 Å². The SMILES string of the molecule is O=C1NC(=S)NC(=O)C1=Cc1cc(Br)c(N2CCCCC2)o1. The van der Waals surface area contributed by atoms with Gasteiger partial charge in [0.2, 0.25) is 5.88 Å². The second-order valence-electron chi connectivity index (χ2n) is 5.14. The molecule has 0 unspecified atom stereocenters. The number of rotatable bonds is 2. The number of halogens is 1. The van der Waals surface area contributed by atoms with Crippen LogP contribution in [0.15, 0.2) is 20.5 Å². The van der Waals surface area contributed by atoms with E-state index >= 15 is 0 Å². The van der Waals surface area contributed by atoms with Crippen molar-refractivity contribution in [2.45, 2.75) is 19.3 Å². The first-order valence-electron chi connectivity index (χ1n) is 6.97. The lowest BCUT2D eigenvalue weighted by Gasteiger charge is -2.26. The molecule has 0 spiro atoms. The molecule has 3 heterocycles. The molecule has 2 saturated heterocycles. The van der Waals surface area contributed by atoms with E-state index in [1.54, 1.807) is 6.07 Å². The number of hydrogen-bond acceptors (Lipinski definition) is 5. The molecule has 2 aliphatic rings. The molecule has 0 radical (unpaired) electrons. The Hall–Kier alpha value is -1.67. The normalized spacial score (nSPS) is 19.0. The molecule has 0 atom stereocenters. The molecule has 0 aliphatic carbocycles. The standard InChI is InChI=1S/C14H14BrN3O3S/c15-10-7-8(21-13(10)18-4-2-1-3-5-18)6-9-11(19)16-14(22)17-12(9)20/h6-7H,1-5H2,(H2,16,17,19,20,22). The summed E-state index contributed by atoms with van der Waals surface area (Å²) < 4.78 is 6.60. The molecule has 0 saturated carbocycles. The van der Waals surface area contributed by atoms with Crippen LogP contribution in [0, 0.1) is 0 Å². The topological polar surface area (TPSA) is 74.6 Å². The second-order valence-corrected chi connectivity index (χ2v) is 6.41. The van der Waals surface area contributed by atoms with Crippen LogP contribution >= 0.6 is 28.1 Å². The highest BCUT2D eigenvalue weighted by molar-refractivity contribution is 9.10. The van der Waals surface area contributed by atoms with Gasteiger partial charge in [0.15, 0.2) is 5.11 Å². The number of piperidine rings is 1.